The van der Waals surface area contributed by atoms with Gasteiger partial charge < -0.3 is 14.7 Å². The number of hydrogen-bond acceptors (Lipinski definition) is 6. The Labute approximate surface area is 177 Å². The Morgan fingerprint density at radius 1 is 1.21 bits per heavy atom. The maximum atomic E-state index is 13.6. The number of rotatable bonds is 4. The molecule has 1 aromatic carbocycles. The molecule has 0 aliphatic rings. The predicted octanol–water partition coefficient (Wildman–Crippen LogP) is 5.47. The van der Waals surface area contributed by atoms with Crippen molar-refractivity contribution in [3.8, 4) is 11.5 Å². The summed E-state index contributed by atoms with van der Waals surface area (Å²) in [7, 11) is 0. The van der Waals surface area contributed by atoms with Crippen LogP contribution in [0.2, 0.25) is 0 Å². The summed E-state index contributed by atoms with van der Waals surface area (Å²) in [5.41, 5.74) is -1.21. The van der Waals surface area contributed by atoms with E-state index >= 15 is 0 Å². The van der Waals surface area contributed by atoms with E-state index in [4.69, 9.17) is 9.57 Å². The lowest BCUT2D eigenvalue weighted by molar-refractivity contribution is -0.00380. The number of carbonyl (C=O) groups excluding carboxylic acids is 1. The summed E-state index contributed by atoms with van der Waals surface area (Å²) in [5, 5.41) is 14.2. The van der Waals surface area contributed by atoms with Crippen molar-refractivity contribution in [3.05, 3.63) is 52.0 Å². The fraction of sp³-hybridized carbons (Fsp3) is 0.381. The number of phenols is 1. The molecular formula is C21H24BrFN2O4. The molecule has 0 saturated heterocycles. The monoisotopic (exact) mass is 466 g/mol. The zero-order valence-electron chi connectivity index (χ0n) is 17.2. The number of aromatic hydroxyl groups is 1. The van der Waals surface area contributed by atoms with Gasteiger partial charge in [0.1, 0.15) is 17.2 Å². The van der Waals surface area contributed by atoms with Crippen molar-refractivity contribution in [1.29, 1.82) is 0 Å². The van der Waals surface area contributed by atoms with E-state index in [1.807, 2.05) is 41.5 Å². The fourth-order valence-corrected chi connectivity index (χ4v) is 2.42. The van der Waals surface area contributed by atoms with Crippen LogP contribution in [0.4, 0.5) is 4.39 Å². The third kappa shape index (κ3) is 6.00. The van der Waals surface area contributed by atoms with Gasteiger partial charge in [0.25, 0.3) is 0 Å². The molecule has 6 nitrogen and oxygen atoms in total. The molecule has 156 valence electrons. The number of oxime groups is 1. The van der Waals surface area contributed by atoms with Gasteiger partial charge in [0, 0.05) is 17.7 Å². The molecule has 8 heteroatoms. The van der Waals surface area contributed by atoms with Gasteiger partial charge in [0.2, 0.25) is 11.7 Å². The Kier molecular flexibility index (Phi) is 6.67. The first kappa shape index (κ1) is 22.8. The van der Waals surface area contributed by atoms with E-state index in [1.54, 1.807) is 12.1 Å². The van der Waals surface area contributed by atoms with Crippen LogP contribution in [0.15, 0.2) is 40.1 Å². The van der Waals surface area contributed by atoms with Crippen LogP contribution >= 0.6 is 15.9 Å². The van der Waals surface area contributed by atoms with Crippen molar-refractivity contribution in [1.82, 2.24) is 4.98 Å². The second-order valence-corrected chi connectivity index (χ2v) is 9.27. The average molecular weight is 467 g/mol. The van der Waals surface area contributed by atoms with Crippen LogP contribution in [0, 0.1) is 11.2 Å². The Hall–Kier alpha value is -2.48. The number of phenolic OH excluding ortho intramolecular Hbond substituents is 1. The number of aromatic nitrogens is 1. The summed E-state index contributed by atoms with van der Waals surface area (Å²) in [6.07, 6.45) is 1.43. The Morgan fingerprint density at radius 2 is 1.86 bits per heavy atom. The van der Waals surface area contributed by atoms with Gasteiger partial charge >= 0.3 is 0 Å². The maximum absolute atomic E-state index is 13.6. The number of carbonyl (C=O) groups is 1. The fourth-order valence-electron chi connectivity index (χ4n) is 2.08. The molecule has 0 fully saturated rings. The van der Waals surface area contributed by atoms with Gasteiger partial charge in [0.05, 0.1) is 10.0 Å². The summed E-state index contributed by atoms with van der Waals surface area (Å²) in [6, 6.07) is 5.23. The summed E-state index contributed by atoms with van der Waals surface area (Å²) >= 11 is 3.02. The molecule has 0 aliphatic carbocycles. The molecule has 29 heavy (non-hydrogen) atoms. The van der Waals surface area contributed by atoms with E-state index in [2.05, 4.69) is 26.1 Å². The van der Waals surface area contributed by atoms with Gasteiger partial charge in [-0.05, 0) is 54.9 Å². The summed E-state index contributed by atoms with van der Waals surface area (Å²) < 4.78 is 19.6. The zero-order chi connectivity index (χ0) is 22.0. The number of pyridine rings is 1. The van der Waals surface area contributed by atoms with Crippen LogP contribution < -0.4 is 4.74 Å². The highest BCUT2D eigenvalue weighted by atomic mass is 79.9. The summed E-state index contributed by atoms with van der Waals surface area (Å²) in [6.45, 7) is 11.2. The molecule has 0 bridgehead atoms. The number of benzene rings is 1. The Bertz CT molecular complexity index is 947. The first-order valence-electron chi connectivity index (χ1n) is 8.92. The molecule has 2 aromatic rings. The van der Waals surface area contributed by atoms with Crippen molar-refractivity contribution < 1.29 is 23.9 Å². The molecule has 0 spiro atoms. The topological polar surface area (TPSA) is 81.0 Å². The highest BCUT2D eigenvalue weighted by Crippen LogP contribution is 2.30. The molecular weight excluding hydrogens is 443 g/mol. The van der Waals surface area contributed by atoms with Gasteiger partial charge in [-0.1, -0.05) is 25.9 Å². The van der Waals surface area contributed by atoms with Crippen LogP contribution in [0.1, 0.15) is 57.6 Å². The molecule has 1 N–H and O–H groups in total. The lowest BCUT2D eigenvalue weighted by atomic mass is 9.96. The molecule has 0 saturated carbocycles. The normalized spacial score (nSPS) is 12.6. The number of nitrogens with zero attached hydrogens (tertiary/aromatic N) is 2. The van der Waals surface area contributed by atoms with E-state index < -0.39 is 28.4 Å². The van der Waals surface area contributed by atoms with E-state index in [0.29, 0.717) is 0 Å². The van der Waals surface area contributed by atoms with Gasteiger partial charge in [-0.25, -0.2) is 9.37 Å². The minimum Gasteiger partial charge on any atom is -0.507 e. The molecule has 0 radical (unpaired) electrons. The molecule has 1 aromatic heterocycles. The van der Waals surface area contributed by atoms with Gasteiger partial charge in [-0.15, -0.1) is 0 Å². The first-order chi connectivity index (χ1) is 13.3. The Balaban J connectivity index is 2.47. The maximum Gasteiger partial charge on any atom is 0.236 e. The second kappa shape index (κ2) is 8.49. The van der Waals surface area contributed by atoms with E-state index in [-0.39, 0.29) is 27.4 Å². The smallest absolute Gasteiger partial charge is 0.236 e. The van der Waals surface area contributed by atoms with Crippen molar-refractivity contribution >= 4 is 27.6 Å². The highest BCUT2D eigenvalue weighted by Gasteiger charge is 2.27. The SMILES string of the molecule is CC(C)(C)O/N=C(\Oc1cccnc1C(=O)c1cc(Br)c(F)cc1O)C(C)(C)C. The number of ether oxygens (including phenoxy) is 1. The zero-order valence-corrected chi connectivity index (χ0v) is 18.8. The van der Waals surface area contributed by atoms with Gasteiger partial charge in [0.15, 0.2) is 11.4 Å². The van der Waals surface area contributed by atoms with Crippen LogP contribution in [0.3, 0.4) is 0 Å². The number of ketones is 1. The number of halogens is 2. The van der Waals surface area contributed by atoms with Crippen molar-refractivity contribution in [2.75, 3.05) is 0 Å². The van der Waals surface area contributed by atoms with Gasteiger partial charge in [-0.2, -0.15) is 0 Å². The molecule has 0 aliphatic heterocycles. The van der Waals surface area contributed by atoms with Crippen LogP contribution in [-0.4, -0.2) is 27.4 Å². The lowest BCUT2D eigenvalue weighted by Gasteiger charge is -2.24. The molecule has 2 rings (SSSR count). The quantitative estimate of drug-likeness (QED) is 0.279. The second-order valence-electron chi connectivity index (χ2n) is 8.41. The first-order valence-corrected chi connectivity index (χ1v) is 9.71. The van der Waals surface area contributed by atoms with Crippen LogP contribution in [0.25, 0.3) is 0 Å². The van der Waals surface area contributed by atoms with E-state index in [0.717, 1.165) is 6.07 Å². The average Bonchev–Trinajstić information content (AvgIpc) is 2.59. The van der Waals surface area contributed by atoms with Gasteiger partial charge in [-0.3, -0.25) is 4.79 Å². The minimum atomic E-state index is -0.682. The molecule has 1 heterocycles. The van der Waals surface area contributed by atoms with Crippen LogP contribution in [0.5, 0.6) is 11.5 Å². The predicted molar refractivity (Wildman–Crippen MR) is 112 cm³/mol. The van der Waals surface area contributed by atoms with E-state index in [9.17, 15) is 14.3 Å². The number of hydrogen-bond donors (Lipinski definition) is 1. The molecule has 0 unspecified atom stereocenters. The van der Waals surface area contributed by atoms with Crippen molar-refractivity contribution in [3.63, 3.8) is 0 Å². The minimum absolute atomic E-state index is 0.0472. The van der Waals surface area contributed by atoms with E-state index in [1.165, 1.54) is 12.3 Å². The lowest BCUT2D eigenvalue weighted by Crippen LogP contribution is -2.29. The van der Waals surface area contributed by atoms with Crippen molar-refractivity contribution in [2.45, 2.75) is 47.1 Å². The third-order valence-corrected chi connectivity index (χ3v) is 4.13. The summed E-state index contributed by atoms with van der Waals surface area (Å²) in [4.78, 5) is 22.6. The van der Waals surface area contributed by atoms with Crippen molar-refractivity contribution in [2.24, 2.45) is 10.6 Å². The molecule has 0 atom stereocenters. The highest BCUT2D eigenvalue weighted by molar-refractivity contribution is 9.10. The third-order valence-electron chi connectivity index (χ3n) is 3.52. The largest absolute Gasteiger partial charge is 0.507 e. The Morgan fingerprint density at radius 3 is 2.45 bits per heavy atom. The molecule has 0 amide bonds. The standard InChI is InChI=1S/C21H24BrFN2O4/c1-20(2,3)19(25-29-21(4,5)6)28-16-8-7-9-24-17(16)18(27)12-10-13(22)14(23)11-15(12)26/h7-11,26H,1-6H3/b25-19-. The summed E-state index contributed by atoms with van der Waals surface area (Å²) in [5.74, 6) is -1.41. The van der Waals surface area contributed by atoms with Crippen LogP contribution in [-0.2, 0) is 4.84 Å².